The first-order chi connectivity index (χ1) is 30.5. The smallest absolute Gasteiger partial charge is 0.0892 e. The topological polar surface area (TPSA) is 25.8 Å². The third-order valence-electron chi connectivity index (χ3n) is 13.5. The highest BCUT2D eigenvalue weighted by molar-refractivity contribution is 8.05. The number of aromatic nitrogens is 2. The molecule has 0 amide bonds. The first-order valence-electron chi connectivity index (χ1n) is 20.9. The van der Waals surface area contributed by atoms with Crippen LogP contribution in [0.5, 0.6) is 0 Å². The van der Waals surface area contributed by atoms with E-state index in [-0.39, 0.29) is 10.8 Å². The zero-order valence-corrected chi connectivity index (χ0v) is 37.1. The second kappa shape index (κ2) is 13.9. The summed E-state index contributed by atoms with van der Waals surface area (Å²) in [6, 6.07) is 63.0. The minimum Gasteiger partial charge on any atom is -0.260 e. The number of hydrogen-bond donors (Lipinski definition) is 0. The Labute approximate surface area is 378 Å². The molecule has 2 unspecified atom stereocenters. The van der Waals surface area contributed by atoms with Gasteiger partial charge in [-0.1, -0.05) is 168 Å². The van der Waals surface area contributed by atoms with E-state index in [1.165, 1.54) is 94.8 Å². The Kier molecular flexibility index (Phi) is 8.25. The first kappa shape index (κ1) is 36.9. The van der Waals surface area contributed by atoms with Crippen LogP contribution in [0.1, 0.15) is 47.2 Å². The van der Waals surface area contributed by atoms with Crippen LogP contribution in [0.2, 0.25) is 0 Å². The van der Waals surface area contributed by atoms with Crippen molar-refractivity contribution in [2.24, 2.45) is 0 Å². The van der Waals surface area contributed by atoms with Crippen molar-refractivity contribution in [3.05, 3.63) is 216 Å². The lowest BCUT2D eigenvalue weighted by molar-refractivity contribution is 0.712. The van der Waals surface area contributed by atoms with Gasteiger partial charge in [0.25, 0.3) is 0 Å². The number of hydrogen-bond acceptors (Lipinski definition) is 6. The van der Waals surface area contributed by atoms with Gasteiger partial charge in [0.1, 0.15) is 0 Å². The minimum atomic E-state index is -0.348. The van der Waals surface area contributed by atoms with E-state index in [4.69, 9.17) is 9.97 Å². The maximum absolute atomic E-state index is 5.42. The molecule has 2 nitrogen and oxygen atoms in total. The van der Waals surface area contributed by atoms with Gasteiger partial charge in [-0.2, -0.15) is 0 Å². The van der Waals surface area contributed by atoms with Gasteiger partial charge >= 0.3 is 0 Å². The second-order valence-corrected chi connectivity index (χ2v) is 21.0. The number of nitrogens with zero attached hydrogens (tertiary/aromatic N) is 2. The normalized spacial score (nSPS) is 18.4. The highest BCUT2D eigenvalue weighted by atomic mass is 32.2. The molecule has 1 aromatic heterocycles. The van der Waals surface area contributed by atoms with Crippen molar-refractivity contribution >= 4 is 47.0 Å². The quantitative estimate of drug-likeness (QED) is 0.175. The van der Waals surface area contributed by atoms with E-state index in [1.54, 1.807) is 0 Å². The van der Waals surface area contributed by atoms with Crippen LogP contribution in [0.15, 0.2) is 221 Å². The van der Waals surface area contributed by atoms with Gasteiger partial charge in [0, 0.05) is 72.2 Å². The highest BCUT2D eigenvalue weighted by Gasteiger charge is 2.45. The summed E-state index contributed by atoms with van der Waals surface area (Å²) in [5.74, 6) is 0. The Morgan fingerprint density at radius 1 is 0.371 bits per heavy atom. The summed E-state index contributed by atoms with van der Waals surface area (Å²) in [6.45, 7) is 4.80. The molecule has 0 radical (unpaired) electrons. The molecule has 0 fully saturated rings. The monoisotopic (exact) mass is 864 g/mol. The van der Waals surface area contributed by atoms with E-state index >= 15 is 0 Å². The van der Waals surface area contributed by atoms with Gasteiger partial charge in [-0.05, 0) is 107 Å². The van der Waals surface area contributed by atoms with Crippen molar-refractivity contribution in [3.63, 3.8) is 0 Å². The molecule has 0 saturated heterocycles. The van der Waals surface area contributed by atoms with E-state index in [9.17, 15) is 0 Å². The summed E-state index contributed by atoms with van der Waals surface area (Å²) in [7, 11) is 0. The number of benzene rings is 8. The average Bonchev–Trinajstić information content (AvgIpc) is 3.76. The third-order valence-corrected chi connectivity index (χ3v) is 18.7. The van der Waals surface area contributed by atoms with E-state index in [2.05, 4.69) is 184 Å². The van der Waals surface area contributed by atoms with Gasteiger partial charge in [-0.3, -0.25) is 4.98 Å². The summed E-state index contributed by atoms with van der Waals surface area (Å²) in [5.41, 5.74) is 16.4. The van der Waals surface area contributed by atoms with Crippen molar-refractivity contribution in [1.82, 2.24) is 9.97 Å². The van der Waals surface area contributed by atoms with Gasteiger partial charge < -0.3 is 0 Å². The summed E-state index contributed by atoms with van der Waals surface area (Å²) in [4.78, 5) is 20.9. The lowest BCUT2D eigenvalue weighted by Gasteiger charge is -2.29. The van der Waals surface area contributed by atoms with Crippen LogP contribution < -0.4 is 0 Å². The molecule has 2 atom stereocenters. The zero-order chi connectivity index (χ0) is 41.2. The fourth-order valence-corrected chi connectivity index (χ4v) is 15.1. The predicted octanol–water partition coefficient (Wildman–Crippen LogP) is 15.7. The van der Waals surface area contributed by atoms with E-state index in [0.29, 0.717) is 0 Å². The van der Waals surface area contributed by atoms with Gasteiger partial charge in [0.05, 0.1) is 23.8 Å². The van der Waals surface area contributed by atoms with Gasteiger partial charge in [0.15, 0.2) is 0 Å². The van der Waals surface area contributed by atoms with Crippen LogP contribution in [-0.2, 0) is 10.8 Å². The van der Waals surface area contributed by atoms with Gasteiger partial charge in [-0.15, -0.1) is 0 Å². The van der Waals surface area contributed by atoms with Crippen LogP contribution in [0, 0.1) is 0 Å². The molecule has 2 aliphatic carbocycles. The van der Waals surface area contributed by atoms with E-state index < -0.39 is 0 Å². The molecule has 4 aliphatic rings. The minimum absolute atomic E-state index is 0.348. The van der Waals surface area contributed by atoms with Crippen molar-refractivity contribution in [2.45, 2.75) is 63.8 Å². The fourth-order valence-electron chi connectivity index (χ4n) is 10.3. The molecule has 0 saturated carbocycles. The molecule has 8 aromatic carbocycles. The van der Waals surface area contributed by atoms with Crippen LogP contribution in [0.3, 0.4) is 0 Å². The lowest BCUT2D eigenvalue weighted by Crippen LogP contribution is -2.22. The largest absolute Gasteiger partial charge is 0.260 e. The van der Waals surface area contributed by atoms with Crippen LogP contribution in [-0.4, -0.2) is 9.97 Å². The van der Waals surface area contributed by atoms with E-state index in [0.717, 1.165) is 22.5 Å². The maximum Gasteiger partial charge on any atom is 0.0892 e. The molecule has 0 spiro atoms. The van der Waals surface area contributed by atoms with Gasteiger partial charge in [0.2, 0.25) is 0 Å². The van der Waals surface area contributed by atoms with Crippen molar-refractivity contribution in [1.29, 1.82) is 0 Å². The summed E-state index contributed by atoms with van der Waals surface area (Å²) < 4.78 is 0. The van der Waals surface area contributed by atoms with Crippen molar-refractivity contribution in [3.8, 4) is 44.8 Å². The molecular weight excluding hydrogens is 829 g/mol. The Morgan fingerprint density at radius 2 is 0.774 bits per heavy atom. The van der Waals surface area contributed by atoms with E-state index in [1.807, 2.05) is 59.4 Å². The summed E-state index contributed by atoms with van der Waals surface area (Å²) in [6.07, 6.45) is 3.85. The molecule has 2 aliphatic heterocycles. The first-order valence-corrected chi connectivity index (χ1v) is 24.2. The Bertz CT molecular complexity index is 3130. The Balaban J connectivity index is 0.934. The van der Waals surface area contributed by atoms with Crippen LogP contribution >= 0.6 is 47.0 Å². The zero-order valence-electron chi connectivity index (χ0n) is 33.8. The molecule has 13 rings (SSSR count). The average molecular weight is 865 g/mol. The van der Waals surface area contributed by atoms with Crippen molar-refractivity contribution < 1.29 is 0 Å². The molecule has 6 heteroatoms. The SMILES string of the molecule is CC1(c2ccccc2)c2cc(-c3cncc(-c4ccc5c(c4)C(C)(c4ccccc4)c4ccc6c(c4-5)Sc4ccccc4S6)n3)ccc2-c2c1ccc1c2Sc2ccccc2S1. The molecular formula is C56H36N2S4. The summed E-state index contributed by atoms with van der Waals surface area (Å²) >= 11 is 7.58. The Morgan fingerprint density at radius 3 is 1.21 bits per heavy atom. The molecule has 0 N–H and O–H groups in total. The number of fused-ring (bicyclic) bond motifs is 12. The standard InChI is InChI=1S/C56H36N2S4/c1-55(35-13-5-3-6-14-35)39-25-27-49-53(61-47-19-11-9-17-45(47)59-49)51(39)37-23-21-33(29-41(37)55)43-31-57-32-44(58-43)34-22-24-38-42(30-34)56(2,36-15-7-4-8-16-36)40-26-28-50-54(52(38)40)62-48-20-12-10-18-46(48)60-50/h3-32H,1-2H3. The Hall–Kier alpha value is -5.76. The van der Waals surface area contributed by atoms with Crippen LogP contribution in [0.4, 0.5) is 0 Å². The molecule has 9 aromatic rings. The maximum atomic E-state index is 5.42. The highest BCUT2D eigenvalue weighted by Crippen LogP contribution is 2.62. The second-order valence-electron chi connectivity index (χ2n) is 16.7. The van der Waals surface area contributed by atoms with Crippen LogP contribution in [0.25, 0.3) is 44.8 Å². The summed E-state index contributed by atoms with van der Waals surface area (Å²) in [5, 5.41) is 0. The third kappa shape index (κ3) is 5.30. The number of rotatable bonds is 4. The molecule has 3 heterocycles. The van der Waals surface area contributed by atoms with Gasteiger partial charge in [-0.25, -0.2) is 4.98 Å². The van der Waals surface area contributed by atoms with Crippen molar-refractivity contribution in [2.75, 3.05) is 0 Å². The predicted molar refractivity (Wildman–Crippen MR) is 257 cm³/mol. The molecule has 62 heavy (non-hydrogen) atoms. The fraction of sp³-hybridized carbons (Fsp3) is 0.0714. The molecule has 294 valence electrons. The lowest BCUT2D eigenvalue weighted by atomic mass is 9.74. The molecule has 0 bridgehead atoms.